The number of carbonyl (C=O) groups is 2. The molecule has 0 aliphatic rings. The molecule has 0 spiro atoms. The van der Waals surface area contributed by atoms with Crippen LogP contribution in [0.25, 0.3) is 6.08 Å². The molecular formula is C12H15NO3S2. The fourth-order valence-corrected chi connectivity index (χ4v) is 2.67. The zero-order valence-corrected chi connectivity index (χ0v) is 11.8. The fourth-order valence-electron chi connectivity index (χ4n) is 1.31. The number of rotatable bonds is 6. The van der Waals surface area contributed by atoms with Crippen LogP contribution in [0, 0.1) is 0 Å². The van der Waals surface area contributed by atoms with Gasteiger partial charge in [-0.25, -0.2) is 4.79 Å². The summed E-state index contributed by atoms with van der Waals surface area (Å²) >= 11 is 3.02. The van der Waals surface area contributed by atoms with Crippen molar-refractivity contribution in [1.82, 2.24) is 5.32 Å². The van der Waals surface area contributed by atoms with Crippen molar-refractivity contribution in [2.75, 3.05) is 12.0 Å². The van der Waals surface area contributed by atoms with Crippen LogP contribution in [0.3, 0.4) is 0 Å². The largest absolute Gasteiger partial charge is 0.478 e. The van der Waals surface area contributed by atoms with Gasteiger partial charge in [-0.05, 0) is 25.3 Å². The third kappa shape index (κ3) is 4.93. The Morgan fingerprint density at radius 3 is 2.94 bits per heavy atom. The molecule has 1 atom stereocenters. The molecule has 1 rings (SSSR count). The van der Waals surface area contributed by atoms with Crippen molar-refractivity contribution in [1.29, 1.82) is 0 Å². The van der Waals surface area contributed by atoms with Gasteiger partial charge in [0.1, 0.15) is 0 Å². The molecule has 6 heteroatoms. The highest BCUT2D eigenvalue weighted by Gasteiger charge is 2.10. The quantitative estimate of drug-likeness (QED) is 0.787. The zero-order chi connectivity index (χ0) is 13.5. The van der Waals surface area contributed by atoms with Crippen molar-refractivity contribution < 1.29 is 14.7 Å². The predicted molar refractivity (Wildman–Crippen MR) is 76.3 cm³/mol. The molecule has 1 amide bonds. The first-order valence-corrected chi connectivity index (χ1v) is 7.59. The zero-order valence-electron chi connectivity index (χ0n) is 10.2. The Labute approximate surface area is 114 Å². The van der Waals surface area contributed by atoms with E-state index in [4.69, 9.17) is 5.11 Å². The molecule has 18 heavy (non-hydrogen) atoms. The molecule has 1 heterocycles. The third-order valence-corrected chi connectivity index (χ3v) is 3.80. The topological polar surface area (TPSA) is 66.4 Å². The van der Waals surface area contributed by atoms with E-state index in [-0.39, 0.29) is 11.9 Å². The summed E-state index contributed by atoms with van der Waals surface area (Å²) in [6.07, 6.45) is 4.53. The number of thiophene rings is 1. The van der Waals surface area contributed by atoms with E-state index in [1.165, 1.54) is 17.4 Å². The summed E-state index contributed by atoms with van der Waals surface area (Å²) in [7, 11) is 0. The second kappa shape index (κ2) is 7.23. The molecule has 1 aromatic heterocycles. The minimum Gasteiger partial charge on any atom is -0.478 e. The van der Waals surface area contributed by atoms with E-state index in [1.807, 2.05) is 13.2 Å². The van der Waals surface area contributed by atoms with Crippen molar-refractivity contribution in [3.05, 3.63) is 28.0 Å². The highest BCUT2D eigenvalue weighted by Crippen LogP contribution is 2.16. The number of hydrogen-bond acceptors (Lipinski definition) is 4. The van der Waals surface area contributed by atoms with Crippen molar-refractivity contribution in [2.24, 2.45) is 0 Å². The Morgan fingerprint density at radius 2 is 2.33 bits per heavy atom. The third-order valence-electron chi connectivity index (χ3n) is 2.07. The standard InChI is InChI=1S/C12H15NO3S2/c1-8(6-17-2)13-12(16)9-5-10(18-7-9)3-4-11(14)15/h3-5,7-8H,6H2,1-2H3,(H,13,16)(H,14,15)/b4-3+. The van der Waals surface area contributed by atoms with Gasteiger partial charge in [0, 0.05) is 28.1 Å². The maximum Gasteiger partial charge on any atom is 0.328 e. The average molecular weight is 285 g/mol. The van der Waals surface area contributed by atoms with E-state index in [9.17, 15) is 9.59 Å². The number of thioether (sulfide) groups is 1. The first kappa shape index (κ1) is 14.8. The molecule has 0 aliphatic carbocycles. The van der Waals surface area contributed by atoms with Crippen molar-refractivity contribution in [2.45, 2.75) is 13.0 Å². The summed E-state index contributed by atoms with van der Waals surface area (Å²) in [6, 6.07) is 1.80. The van der Waals surface area contributed by atoms with Crippen LogP contribution in [0.2, 0.25) is 0 Å². The second-order valence-corrected chi connectivity index (χ2v) is 5.59. The predicted octanol–water partition coefficient (Wildman–Crippen LogP) is 2.33. The summed E-state index contributed by atoms with van der Waals surface area (Å²) in [5.74, 6) is -0.257. The molecule has 0 saturated heterocycles. The number of hydrogen-bond donors (Lipinski definition) is 2. The average Bonchev–Trinajstić information content (AvgIpc) is 2.75. The van der Waals surface area contributed by atoms with Gasteiger partial charge in [0.05, 0.1) is 5.56 Å². The molecule has 0 fully saturated rings. The molecule has 98 valence electrons. The van der Waals surface area contributed by atoms with Crippen LogP contribution in [0.15, 0.2) is 17.5 Å². The molecular weight excluding hydrogens is 270 g/mol. The summed E-state index contributed by atoms with van der Waals surface area (Å²) in [4.78, 5) is 22.9. The van der Waals surface area contributed by atoms with Gasteiger partial charge in [-0.1, -0.05) is 0 Å². The number of carboxylic acid groups (broad SMARTS) is 1. The summed E-state index contributed by atoms with van der Waals surface area (Å²) in [6.45, 7) is 1.95. The molecule has 1 unspecified atom stereocenters. The molecule has 0 aliphatic heterocycles. The summed E-state index contributed by atoms with van der Waals surface area (Å²) in [5.41, 5.74) is 0.568. The number of carboxylic acids is 1. The van der Waals surface area contributed by atoms with Gasteiger partial charge in [0.25, 0.3) is 5.91 Å². The minimum absolute atomic E-state index is 0.116. The lowest BCUT2D eigenvalue weighted by Gasteiger charge is -2.11. The molecule has 1 aromatic rings. The molecule has 0 aromatic carbocycles. The lowest BCUT2D eigenvalue weighted by molar-refractivity contribution is -0.131. The van der Waals surface area contributed by atoms with Crippen LogP contribution in [-0.4, -0.2) is 35.0 Å². The van der Waals surface area contributed by atoms with E-state index in [0.717, 1.165) is 16.7 Å². The van der Waals surface area contributed by atoms with Gasteiger partial charge in [0.15, 0.2) is 0 Å². The smallest absolute Gasteiger partial charge is 0.328 e. The van der Waals surface area contributed by atoms with Crippen LogP contribution >= 0.6 is 23.1 Å². The molecule has 0 saturated carbocycles. The summed E-state index contributed by atoms with van der Waals surface area (Å²) < 4.78 is 0. The van der Waals surface area contributed by atoms with E-state index in [2.05, 4.69) is 5.32 Å². The maximum absolute atomic E-state index is 11.8. The molecule has 0 radical (unpaired) electrons. The fraction of sp³-hybridized carbons (Fsp3) is 0.333. The molecule has 2 N–H and O–H groups in total. The lowest BCUT2D eigenvalue weighted by Crippen LogP contribution is -2.33. The van der Waals surface area contributed by atoms with Gasteiger partial charge in [-0.2, -0.15) is 11.8 Å². The number of aliphatic carboxylic acids is 1. The van der Waals surface area contributed by atoms with Crippen molar-refractivity contribution >= 4 is 41.1 Å². The van der Waals surface area contributed by atoms with Gasteiger partial charge in [-0.15, -0.1) is 11.3 Å². The van der Waals surface area contributed by atoms with Gasteiger partial charge in [0.2, 0.25) is 0 Å². The highest BCUT2D eigenvalue weighted by molar-refractivity contribution is 7.98. The van der Waals surface area contributed by atoms with E-state index in [0.29, 0.717) is 5.56 Å². The van der Waals surface area contributed by atoms with Gasteiger partial charge >= 0.3 is 5.97 Å². The SMILES string of the molecule is CSCC(C)NC(=O)c1csc(/C=C/C(=O)O)c1. The summed E-state index contributed by atoms with van der Waals surface area (Å²) in [5, 5.41) is 13.1. The normalized spacial score (nSPS) is 12.6. The number of amides is 1. The number of carbonyl (C=O) groups excluding carboxylic acids is 1. The van der Waals surface area contributed by atoms with Crippen molar-refractivity contribution in [3.63, 3.8) is 0 Å². The first-order chi connectivity index (χ1) is 8.52. The Balaban J connectivity index is 2.62. The first-order valence-electron chi connectivity index (χ1n) is 5.32. The van der Waals surface area contributed by atoms with Crippen LogP contribution in [-0.2, 0) is 4.79 Å². The Hall–Kier alpha value is -1.27. The van der Waals surface area contributed by atoms with Crippen LogP contribution < -0.4 is 5.32 Å². The second-order valence-electron chi connectivity index (χ2n) is 3.74. The minimum atomic E-state index is -0.997. The van der Waals surface area contributed by atoms with Crippen LogP contribution in [0.5, 0.6) is 0 Å². The Morgan fingerprint density at radius 1 is 1.61 bits per heavy atom. The molecule has 0 bridgehead atoms. The Kier molecular flexibility index (Phi) is 5.94. The van der Waals surface area contributed by atoms with Crippen LogP contribution in [0.1, 0.15) is 22.2 Å². The highest BCUT2D eigenvalue weighted by atomic mass is 32.2. The van der Waals surface area contributed by atoms with Crippen molar-refractivity contribution in [3.8, 4) is 0 Å². The van der Waals surface area contributed by atoms with E-state index >= 15 is 0 Å². The van der Waals surface area contributed by atoms with Gasteiger partial charge in [-0.3, -0.25) is 4.79 Å². The van der Waals surface area contributed by atoms with Gasteiger partial charge < -0.3 is 10.4 Å². The Bertz CT molecular complexity index is 454. The van der Waals surface area contributed by atoms with E-state index < -0.39 is 5.97 Å². The monoisotopic (exact) mass is 285 g/mol. The van der Waals surface area contributed by atoms with E-state index in [1.54, 1.807) is 23.2 Å². The maximum atomic E-state index is 11.8. The number of nitrogens with one attached hydrogen (secondary N) is 1. The molecule has 4 nitrogen and oxygen atoms in total. The van der Waals surface area contributed by atoms with Crippen LogP contribution in [0.4, 0.5) is 0 Å². The lowest BCUT2D eigenvalue weighted by atomic mass is 10.2.